The number of aromatic nitrogens is 2. The Bertz CT molecular complexity index is 1760. The Labute approximate surface area is 200 Å². The Morgan fingerprint density at radius 3 is 2.71 bits per heavy atom. The van der Waals surface area contributed by atoms with E-state index in [0.29, 0.717) is 27.3 Å². The molecule has 6 rings (SSSR count). The molecule has 1 aliphatic rings. The summed E-state index contributed by atoms with van der Waals surface area (Å²) >= 11 is 6.10. The lowest BCUT2D eigenvalue weighted by Gasteiger charge is -2.07. The van der Waals surface area contributed by atoms with Crippen molar-refractivity contribution in [2.24, 2.45) is 5.10 Å². The van der Waals surface area contributed by atoms with E-state index in [9.17, 15) is 14.9 Å². The van der Waals surface area contributed by atoms with Crippen molar-refractivity contribution in [2.75, 3.05) is 6.79 Å². The molecule has 0 saturated carbocycles. The van der Waals surface area contributed by atoms with Gasteiger partial charge in [0.2, 0.25) is 12.6 Å². The van der Waals surface area contributed by atoms with Crippen molar-refractivity contribution in [1.82, 2.24) is 9.66 Å². The van der Waals surface area contributed by atoms with Gasteiger partial charge in [0.1, 0.15) is 5.58 Å². The van der Waals surface area contributed by atoms with Gasteiger partial charge >= 0.3 is 0 Å². The molecule has 172 valence electrons. The maximum Gasteiger partial charge on any atom is 0.282 e. The van der Waals surface area contributed by atoms with Crippen LogP contribution in [0.2, 0.25) is 5.02 Å². The van der Waals surface area contributed by atoms with Gasteiger partial charge in [-0.15, -0.1) is 0 Å². The molecule has 0 unspecified atom stereocenters. The first-order valence-electron chi connectivity index (χ1n) is 10.3. The van der Waals surface area contributed by atoms with E-state index in [2.05, 4.69) is 10.1 Å². The Morgan fingerprint density at radius 2 is 1.89 bits per heavy atom. The largest absolute Gasteiger partial charge is 0.454 e. The molecule has 0 N–H and O–H groups in total. The van der Waals surface area contributed by atoms with Crippen LogP contribution >= 0.6 is 11.6 Å². The van der Waals surface area contributed by atoms with E-state index >= 15 is 0 Å². The zero-order chi connectivity index (χ0) is 24.1. The van der Waals surface area contributed by atoms with Crippen LogP contribution in [0.4, 0.5) is 5.69 Å². The number of hydrogen-bond acceptors (Lipinski definition) is 8. The van der Waals surface area contributed by atoms with E-state index in [1.807, 2.05) is 0 Å². The molecule has 35 heavy (non-hydrogen) atoms. The SMILES string of the molecule is O=c1c2ccccc2nc(-c2cc3cc(Cl)ccc3o2)n1N=Cc1cc2c(cc1[N+](=O)[O-])OCO2. The predicted molar refractivity (Wildman–Crippen MR) is 128 cm³/mol. The highest BCUT2D eigenvalue weighted by Gasteiger charge is 2.23. The third-order valence-corrected chi connectivity index (χ3v) is 5.72. The van der Waals surface area contributed by atoms with Crippen molar-refractivity contribution in [3.8, 4) is 23.1 Å². The van der Waals surface area contributed by atoms with Crippen molar-refractivity contribution in [3.63, 3.8) is 0 Å². The zero-order valence-corrected chi connectivity index (χ0v) is 18.4. The van der Waals surface area contributed by atoms with E-state index in [-0.39, 0.29) is 35.4 Å². The quantitative estimate of drug-likeness (QED) is 0.198. The number of nitro benzene ring substituents is 1. The highest BCUT2D eigenvalue weighted by atomic mass is 35.5. The number of nitro groups is 1. The van der Waals surface area contributed by atoms with Crippen LogP contribution in [0.15, 0.2) is 75.0 Å². The minimum absolute atomic E-state index is 0.0403. The van der Waals surface area contributed by atoms with Crippen molar-refractivity contribution >= 4 is 45.4 Å². The van der Waals surface area contributed by atoms with E-state index in [4.69, 9.17) is 25.5 Å². The molecular formula is C24H13ClN4O6. The first kappa shape index (κ1) is 20.9. The predicted octanol–water partition coefficient (Wildman–Crippen LogP) is 4.98. The summed E-state index contributed by atoms with van der Waals surface area (Å²) in [4.78, 5) is 29.1. The fourth-order valence-electron chi connectivity index (χ4n) is 3.84. The maximum atomic E-state index is 13.4. The average molecular weight is 489 g/mol. The van der Waals surface area contributed by atoms with Crippen molar-refractivity contribution in [2.45, 2.75) is 0 Å². The van der Waals surface area contributed by atoms with Crippen LogP contribution in [0.1, 0.15) is 5.56 Å². The summed E-state index contributed by atoms with van der Waals surface area (Å²) in [7, 11) is 0. The van der Waals surface area contributed by atoms with Gasteiger partial charge in [0.25, 0.3) is 11.2 Å². The smallest absolute Gasteiger partial charge is 0.282 e. The molecule has 0 atom stereocenters. The number of para-hydroxylation sites is 1. The van der Waals surface area contributed by atoms with Gasteiger partial charge in [-0.1, -0.05) is 23.7 Å². The van der Waals surface area contributed by atoms with Crippen molar-refractivity contribution in [3.05, 3.63) is 91.7 Å². The Hall–Kier alpha value is -4.70. The normalized spacial score (nSPS) is 12.7. The lowest BCUT2D eigenvalue weighted by Crippen LogP contribution is -2.20. The van der Waals surface area contributed by atoms with Gasteiger partial charge in [0.05, 0.1) is 33.7 Å². The lowest BCUT2D eigenvalue weighted by molar-refractivity contribution is -0.385. The summed E-state index contributed by atoms with van der Waals surface area (Å²) in [5.41, 5.74) is 0.408. The van der Waals surface area contributed by atoms with Gasteiger partial charge in [-0.05, 0) is 42.5 Å². The molecule has 0 radical (unpaired) electrons. The lowest BCUT2D eigenvalue weighted by atomic mass is 10.1. The third kappa shape index (κ3) is 3.56. The van der Waals surface area contributed by atoms with Crippen LogP contribution in [-0.4, -0.2) is 27.6 Å². The molecule has 3 heterocycles. The van der Waals surface area contributed by atoms with Gasteiger partial charge in [0, 0.05) is 10.4 Å². The van der Waals surface area contributed by atoms with Crippen molar-refractivity contribution in [1.29, 1.82) is 0 Å². The van der Waals surface area contributed by atoms with E-state index < -0.39 is 10.5 Å². The molecule has 10 nitrogen and oxygen atoms in total. The number of benzene rings is 3. The molecule has 1 aliphatic heterocycles. The van der Waals surface area contributed by atoms with Gasteiger partial charge in [-0.3, -0.25) is 14.9 Å². The van der Waals surface area contributed by atoms with Gasteiger partial charge in [-0.25, -0.2) is 4.98 Å². The van der Waals surface area contributed by atoms with E-state index in [0.717, 1.165) is 10.1 Å². The number of halogens is 1. The topological polar surface area (TPSA) is 122 Å². The minimum atomic E-state index is -0.561. The summed E-state index contributed by atoms with van der Waals surface area (Å²) in [6, 6.07) is 16.3. The molecule has 5 aromatic rings. The molecule has 0 amide bonds. The average Bonchev–Trinajstić information content (AvgIpc) is 3.48. The third-order valence-electron chi connectivity index (χ3n) is 5.48. The molecule has 2 aromatic heterocycles. The van der Waals surface area contributed by atoms with Gasteiger partial charge in [0.15, 0.2) is 17.3 Å². The molecule has 0 fully saturated rings. The molecule has 11 heteroatoms. The van der Waals surface area contributed by atoms with Crippen LogP contribution in [0, 0.1) is 10.1 Å². The monoisotopic (exact) mass is 488 g/mol. The second-order valence-corrected chi connectivity index (χ2v) is 8.06. The molecule has 0 bridgehead atoms. The standard InChI is InChI=1S/C24H13ClN4O6/c25-15-5-6-19-13(7-15)8-22(35-19)23-27-17-4-2-1-3-16(17)24(30)28(23)26-11-14-9-20-21(34-12-33-20)10-18(14)29(31)32/h1-11H,12H2. The number of fused-ring (bicyclic) bond motifs is 3. The zero-order valence-electron chi connectivity index (χ0n) is 17.7. The summed E-state index contributed by atoms with van der Waals surface area (Å²) in [5, 5.41) is 17.5. The molecule has 0 aliphatic carbocycles. The van der Waals surface area contributed by atoms with Crippen LogP contribution in [0.25, 0.3) is 33.5 Å². The molecule has 0 saturated heterocycles. The summed E-state index contributed by atoms with van der Waals surface area (Å²) in [6.45, 7) is -0.0403. The summed E-state index contributed by atoms with van der Waals surface area (Å²) in [5.74, 6) is 1.01. The number of ether oxygens (including phenoxy) is 2. The van der Waals surface area contributed by atoms with Crippen LogP contribution in [-0.2, 0) is 0 Å². The van der Waals surface area contributed by atoms with E-state index in [1.165, 1.54) is 18.3 Å². The van der Waals surface area contributed by atoms with Crippen LogP contribution < -0.4 is 15.0 Å². The van der Waals surface area contributed by atoms with E-state index in [1.54, 1.807) is 48.5 Å². The van der Waals surface area contributed by atoms with Crippen molar-refractivity contribution < 1.29 is 18.8 Å². The fourth-order valence-corrected chi connectivity index (χ4v) is 4.02. The molecular weight excluding hydrogens is 476 g/mol. The molecule has 3 aromatic carbocycles. The number of rotatable bonds is 4. The van der Waals surface area contributed by atoms with Gasteiger partial charge < -0.3 is 13.9 Å². The Kier molecular flexibility index (Phi) is 4.75. The summed E-state index contributed by atoms with van der Waals surface area (Å²) in [6.07, 6.45) is 1.21. The minimum Gasteiger partial charge on any atom is -0.454 e. The number of furan rings is 1. The first-order valence-corrected chi connectivity index (χ1v) is 10.7. The first-order chi connectivity index (χ1) is 17.0. The fraction of sp³-hybridized carbons (Fsp3) is 0.0417. The maximum absolute atomic E-state index is 13.4. The number of hydrogen-bond donors (Lipinski definition) is 0. The Balaban J connectivity index is 1.56. The van der Waals surface area contributed by atoms with Crippen LogP contribution in [0.3, 0.4) is 0 Å². The highest BCUT2D eigenvalue weighted by molar-refractivity contribution is 6.31. The molecule has 0 spiro atoms. The van der Waals surface area contributed by atoms with Gasteiger partial charge in [-0.2, -0.15) is 9.78 Å². The van der Waals surface area contributed by atoms with Crippen LogP contribution in [0.5, 0.6) is 11.5 Å². The second kappa shape index (κ2) is 7.96. The number of nitrogens with zero attached hydrogens (tertiary/aromatic N) is 4. The highest BCUT2D eigenvalue weighted by Crippen LogP contribution is 2.37. The Morgan fingerprint density at radius 1 is 1.09 bits per heavy atom. The summed E-state index contributed by atoms with van der Waals surface area (Å²) < 4.78 is 17.5. The second-order valence-electron chi connectivity index (χ2n) is 7.63.